The standard InChI is InChI=1S/C44H35N5O9S2/c1-2-57-33-21-30(40-36(29-17-19-59-24-29)39(48-44(53)49-40)28-14-9-18-45-23-28)20-31(41(33)50)42(51)58-32-16-15-27(22-34(32)60(54,55)56)38-35(25-10-5-3-6-11-25)37(46-43(52)47-38)26-12-7-4-8-13-26/h3-24,35,38,40,50H,2H2,1H3,(H,47,52)(H2,48,49,53)(H,54,55,56)/t35?,38?,40-/m1/s1. The van der Waals surface area contributed by atoms with E-state index in [4.69, 9.17) is 9.47 Å². The van der Waals surface area contributed by atoms with Gasteiger partial charge in [-0.05, 0) is 88.0 Å². The van der Waals surface area contributed by atoms with Crippen molar-refractivity contribution in [1.82, 2.24) is 20.9 Å². The molecule has 14 nitrogen and oxygen atoms in total. The number of aliphatic imine (C=N–C) groups is 1. The number of hydrogen-bond acceptors (Lipinski definition) is 10. The van der Waals surface area contributed by atoms with Crippen molar-refractivity contribution in [3.05, 3.63) is 171 Å². The van der Waals surface area contributed by atoms with Gasteiger partial charge >= 0.3 is 18.0 Å². The summed E-state index contributed by atoms with van der Waals surface area (Å²) in [4.78, 5) is 48.2. The fraction of sp³-hybridized carbons (Fsp3) is 0.114. The highest BCUT2D eigenvalue weighted by atomic mass is 32.2. The number of nitrogens with zero attached hydrogens (tertiary/aromatic N) is 2. The second kappa shape index (κ2) is 16.6. The maximum absolute atomic E-state index is 14.1. The van der Waals surface area contributed by atoms with Crippen molar-refractivity contribution in [1.29, 1.82) is 0 Å². The van der Waals surface area contributed by atoms with Crippen molar-refractivity contribution < 1.29 is 41.9 Å². The van der Waals surface area contributed by atoms with Gasteiger partial charge in [-0.3, -0.25) is 9.54 Å². The van der Waals surface area contributed by atoms with Crippen molar-refractivity contribution in [3.63, 3.8) is 0 Å². The molecule has 0 saturated carbocycles. The van der Waals surface area contributed by atoms with Gasteiger partial charge in [0.05, 0.1) is 36.0 Å². The van der Waals surface area contributed by atoms with Crippen molar-refractivity contribution in [3.8, 4) is 17.2 Å². The minimum Gasteiger partial charge on any atom is -0.504 e. The Balaban J connectivity index is 1.20. The zero-order valence-electron chi connectivity index (χ0n) is 31.6. The van der Waals surface area contributed by atoms with Gasteiger partial charge in [0.15, 0.2) is 17.2 Å². The molecule has 2 aromatic heterocycles. The molecular formula is C44H35N5O9S2. The van der Waals surface area contributed by atoms with Crippen LogP contribution in [0.25, 0.3) is 11.3 Å². The second-order valence-electron chi connectivity index (χ2n) is 13.7. The number of phenols is 1. The normalized spacial score (nSPS) is 17.8. The quantitative estimate of drug-likeness (QED) is 0.0489. The third-order valence-corrected chi connectivity index (χ3v) is 11.5. The van der Waals surface area contributed by atoms with Crippen LogP contribution in [0.4, 0.5) is 9.59 Å². The van der Waals surface area contributed by atoms with Gasteiger partial charge in [0.25, 0.3) is 10.1 Å². The lowest BCUT2D eigenvalue weighted by Crippen LogP contribution is -2.43. The summed E-state index contributed by atoms with van der Waals surface area (Å²) in [5.41, 5.74) is 4.52. The molecule has 0 spiro atoms. The molecule has 5 N–H and O–H groups in total. The first kappa shape index (κ1) is 39.7. The molecule has 0 fully saturated rings. The van der Waals surface area contributed by atoms with Gasteiger partial charge in [-0.2, -0.15) is 24.7 Å². The summed E-state index contributed by atoms with van der Waals surface area (Å²) in [6.45, 7) is 1.77. The molecule has 2 unspecified atom stereocenters. The highest BCUT2D eigenvalue weighted by molar-refractivity contribution is 7.86. The highest BCUT2D eigenvalue weighted by Crippen LogP contribution is 2.44. The lowest BCUT2D eigenvalue weighted by Gasteiger charge is -2.33. The Morgan fingerprint density at radius 2 is 1.58 bits per heavy atom. The van der Waals surface area contributed by atoms with Crippen LogP contribution in [0.3, 0.4) is 0 Å². The van der Waals surface area contributed by atoms with Gasteiger partial charge in [-0.1, -0.05) is 66.7 Å². The van der Waals surface area contributed by atoms with E-state index in [0.29, 0.717) is 33.7 Å². The highest BCUT2D eigenvalue weighted by Gasteiger charge is 2.37. The molecule has 8 rings (SSSR count). The predicted molar refractivity (Wildman–Crippen MR) is 224 cm³/mol. The number of esters is 1. The minimum atomic E-state index is -5.08. The van der Waals surface area contributed by atoms with Gasteiger partial charge in [0.2, 0.25) is 0 Å². The third kappa shape index (κ3) is 7.98. The van der Waals surface area contributed by atoms with Crippen molar-refractivity contribution >= 4 is 56.5 Å². The summed E-state index contributed by atoms with van der Waals surface area (Å²) in [7, 11) is -5.08. The SMILES string of the molecule is CCOc1cc([C@H]2NC(=O)NC(c3cccnc3)=C2c2ccsc2)cc(C(=O)Oc2ccc(C3NC(=O)N=C(c4ccccc4)C3c3ccccc3)cc2S(=O)(=O)O)c1O. The monoisotopic (exact) mass is 841 g/mol. The van der Waals surface area contributed by atoms with E-state index in [1.807, 2.05) is 77.5 Å². The van der Waals surface area contributed by atoms with E-state index >= 15 is 0 Å². The molecular weight excluding hydrogens is 807 g/mol. The first-order valence-corrected chi connectivity index (χ1v) is 21.0. The van der Waals surface area contributed by atoms with Crippen LogP contribution in [0.2, 0.25) is 0 Å². The number of phenolic OH excluding ortho intramolecular Hbond substituents is 1. The Bertz CT molecular complexity index is 2780. The number of aromatic nitrogens is 1. The molecule has 0 aliphatic carbocycles. The minimum absolute atomic E-state index is 0.0883. The smallest absolute Gasteiger partial charge is 0.347 e. The van der Waals surface area contributed by atoms with E-state index in [1.54, 1.807) is 31.5 Å². The number of hydrogen-bond donors (Lipinski definition) is 5. The molecule has 302 valence electrons. The van der Waals surface area contributed by atoms with Crippen LogP contribution >= 0.6 is 11.3 Å². The van der Waals surface area contributed by atoms with Gasteiger partial charge in [0.1, 0.15) is 10.5 Å². The molecule has 2 aliphatic rings. The number of urea groups is 2. The third-order valence-electron chi connectivity index (χ3n) is 9.97. The Morgan fingerprint density at radius 1 is 0.833 bits per heavy atom. The Labute approximate surface area is 348 Å². The lowest BCUT2D eigenvalue weighted by molar-refractivity contribution is 0.0725. The second-order valence-corrected chi connectivity index (χ2v) is 15.8. The van der Waals surface area contributed by atoms with Crippen molar-refractivity contribution in [2.24, 2.45) is 4.99 Å². The van der Waals surface area contributed by atoms with Gasteiger partial charge < -0.3 is 30.5 Å². The number of benzene rings is 4. The first-order chi connectivity index (χ1) is 29.0. The summed E-state index contributed by atoms with van der Waals surface area (Å²) in [6, 6.07) is 27.3. The van der Waals surface area contributed by atoms with E-state index in [1.165, 1.54) is 35.6 Å². The van der Waals surface area contributed by atoms with Crippen LogP contribution in [0.5, 0.6) is 17.2 Å². The maximum Gasteiger partial charge on any atom is 0.347 e. The fourth-order valence-electron chi connectivity index (χ4n) is 7.38. The molecule has 0 radical (unpaired) electrons. The summed E-state index contributed by atoms with van der Waals surface area (Å²) in [6.07, 6.45) is 3.21. The molecule has 6 aromatic rings. The molecule has 16 heteroatoms. The lowest BCUT2D eigenvalue weighted by atomic mass is 9.80. The van der Waals surface area contributed by atoms with Crippen LogP contribution in [-0.2, 0) is 10.1 Å². The topological polar surface area (TPSA) is 206 Å². The number of ether oxygens (including phenoxy) is 2. The molecule has 4 amide bonds. The molecule has 4 aromatic carbocycles. The number of nitrogens with one attached hydrogen (secondary N) is 3. The zero-order valence-corrected chi connectivity index (χ0v) is 33.2. The van der Waals surface area contributed by atoms with Crippen LogP contribution in [-0.4, -0.2) is 53.4 Å². The van der Waals surface area contributed by atoms with Crippen molar-refractivity contribution in [2.75, 3.05) is 6.61 Å². The van der Waals surface area contributed by atoms with E-state index in [0.717, 1.165) is 17.2 Å². The molecule has 60 heavy (non-hydrogen) atoms. The molecule has 0 bridgehead atoms. The van der Waals surface area contributed by atoms with E-state index in [9.17, 15) is 32.5 Å². The molecule has 2 aliphatic heterocycles. The van der Waals surface area contributed by atoms with Crippen molar-refractivity contribution in [2.45, 2.75) is 29.8 Å². The van der Waals surface area contributed by atoms with Crippen LogP contribution < -0.4 is 25.4 Å². The van der Waals surface area contributed by atoms with Crippen LogP contribution in [0.15, 0.2) is 142 Å². The average Bonchev–Trinajstić information content (AvgIpc) is 3.79. The molecule has 3 atom stereocenters. The van der Waals surface area contributed by atoms with Gasteiger partial charge in [-0.15, -0.1) is 0 Å². The number of carbonyl (C=O) groups is 3. The predicted octanol–water partition coefficient (Wildman–Crippen LogP) is 7.67. The van der Waals surface area contributed by atoms with Gasteiger partial charge in [-0.25, -0.2) is 14.4 Å². The summed E-state index contributed by atoms with van der Waals surface area (Å²) < 4.78 is 48.0. The zero-order chi connectivity index (χ0) is 42.0. The summed E-state index contributed by atoms with van der Waals surface area (Å²) in [5, 5.41) is 23.8. The molecule has 0 saturated heterocycles. The largest absolute Gasteiger partial charge is 0.504 e. The number of amides is 4. The van der Waals surface area contributed by atoms with Gasteiger partial charge in [0, 0.05) is 23.5 Å². The molecule has 4 heterocycles. The number of carbonyl (C=O) groups excluding carboxylic acids is 3. The van der Waals surface area contributed by atoms with Crippen LogP contribution in [0.1, 0.15) is 68.7 Å². The fourth-order valence-corrected chi connectivity index (χ4v) is 8.69. The first-order valence-electron chi connectivity index (χ1n) is 18.6. The van der Waals surface area contributed by atoms with E-state index in [2.05, 4.69) is 25.9 Å². The summed E-state index contributed by atoms with van der Waals surface area (Å²) >= 11 is 1.44. The Morgan fingerprint density at radius 3 is 2.27 bits per heavy atom. The number of pyridine rings is 1. The number of rotatable bonds is 11. The Kier molecular flexibility index (Phi) is 11.0. The number of thiophene rings is 1. The number of aromatic hydroxyl groups is 1. The van der Waals surface area contributed by atoms with E-state index < -0.39 is 68.1 Å². The van der Waals surface area contributed by atoms with Crippen LogP contribution in [0, 0.1) is 0 Å². The average molecular weight is 842 g/mol. The Hall–Kier alpha value is -7.14. The summed E-state index contributed by atoms with van der Waals surface area (Å²) in [5.74, 6) is -3.07. The van der Waals surface area contributed by atoms with E-state index in [-0.39, 0.29) is 17.9 Å². The maximum atomic E-state index is 14.1.